The Balaban J connectivity index is 2.33. The van der Waals surface area contributed by atoms with Gasteiger partial charge in [0.2, 0.25) is 0 Å². The second-order valence-electron chi connectivity index (χ2n) is 4.61. The van der Waals surface area contributed by atoms with Crippen LogP contribution in [-0.2, 0) is 0 Å². The molecule has 0 saturated heterocycles. The molecule has 0 aromatic heterocycles. The van der Waals surface area contributed by atoms with E-state index < -0.39 is 0 Å². The molecule has 0 heterocycles. The molecule has 0 unspecified atom stereocenters. The van der Waals surface area contributed by atoms with Gasteiger partial charge < -0.3 is 9.56 Å². The van der Waals surface area contributed by atoms with Crippen LogP contribution < -0.4 is 9.56 Å². The van der Waals surface area contributed by atoms with E-state index in [0.717, 1.165) is 5.75 Å². The van der Waals surface area contributed by atoms with E-state index >= 15 is 0 Å². The van der Waals surface area contributed by atoms with Crippen molar-refractivity contribution in [3.8, 4) is 5.75 Å². The van der Waals surface area contributed by atoms with Crippen LogP contribution in [0.2, 0.25) is 0 Å². The largest absolute Gasteiger partial charge is 0.416 e. The molecular weight excluding hydrogens is 266 g/mol. The second-order valence-corrected chi connectivity index (χ2v) is 4.93. The summed E-state index contributed by atoms with van der Waals surface area (Å²) >= 11 is 3.04. The first-order chi connectivity index (χ1) is 7.74. The van der Waals surface area contributed by atoms with Crippen LogP contribution in [0.15, 0.2) is 12.1 Å². The van der Waals surface area contributed by atoms with Crippen molar-refractivity contribution in [3.63, 3.8) is 0 Å². The van der Waals surface area contributed by atoms with Gasteiger partial charge in [-0.3, -0.25) is 0 Å². The Hall–Kier alpha value is -0.700. The molecular formula is C13H18BrNO. The van der Waals surface area contributed by atoms with Crippen LogP contribution in [0.4, 0.5) is 5.69 Å². The lowest BCUT2D eigenvalue weighted by Crippen LogP contribution is -2.07. The summed E-state index contributed by atoms with van der Waals surface area (Å²) in [7, 11) is 0. The number of rotatable bonds is 2. The van der Waals surface area contributed by atoms with E-state index in [1.807, 2.05) is 6.07 Å². The SMILES string of the molecule is Cc1c(C2CCCCC2)ccc(N)c1OBr. The third-order valence-corrected chi connectivity index (χ3v) is 3.92. The van der Waals surface area contributed by atoms with E-state index in [1.54, 1.807) is 0 Å². The summed E-state index contributed by atoms with van der Waals surface area (Å²) in [5.74, 6) is 1.47. The summed E-state index contributed by atoms with van der Waals surface area (Å²) in [5, 5.41) is 0. The average Bonchev–Trinajstić information content (AvgIpc) is 2.31. The van der Waals surface area contributed by atoms with Gasteiger partial charge in [-0.15, -0.1) is 0 Å². The molecule has 1 aromatic carbocycles. The molecule has 1 aliphatic carbocycles. The van der Waals surface area contributed by atoms with E-state index in [1.165, 1.54) is 43.2 Å². The first kappa shape index (κ1) is 11.8. The van der Waals surface area contributed by atoms with Crippen molar-refractivity contribution in [2.75, 3.05) is 5.73 Å². The lowest BCUT2D eigenvalue weighted by Gasteiger charge is -2.24. The summed E-state index contributed by atoms with van der Waals surface area (Å²) in [6, 6.07) is 4.11. The van der Waals surface area contributed by atoms with Gasteiger partial charge in [0.25, 0.3) is 0 Å². The zero-order valence-corrected chi connectivity index (χ0v) is 11.2. The zero-order chi connectivity index (χ0) is 11.5. The topological polar surface area (TPSA) is 35.2 Å². The van der Waals surface area contributed by atoms with Crippen molar-refractivity contribution in [2.45, 2.75) is 44.9 Å². The van der Waals surface area contributed by atoms with Crippen molar-refractivity contribution in [3.05, 3.63) is 23.3 Å². The zero-order valence-electron chi connectivity index (χ0n) is 9.63. The molecule has 1 fully saturated rings. The maximum atomic E-state index is 5.88. The highest BCUT2D eigenvalue weighted by molar-refractivity contribution is 9.06. The highest BCUT2D eigenvalue weighted by Gasteiger charge is 2.19. The average molecular weight is 284 g/mol. The maximum Gasteiger partial charge on any atom is 0.179 e. The summed E-state index contributed by atoms with van der Waals surface area (Å²) in [5.41, 5.74) is 9.17. The number of hydrogen-bond acceptors (Lipinski definition) is 2. The van der Waals surface area contributed by atoms with Crippen LogP contribution in [0, 0.1) is 6.92 Å². The molecule has 2 rings (SSSR count). The molecule has 0 spiro atoms. The van der Waals surface area contributed by atoms with Crippen LogP contribution in [0.5, 0.6) is 5.75 Å². The Morgan fingerprint density at radius 1 is 1.25 bits per heavy atom. The smallest absolute Gasteiger partial charge is 0.179 e. The molecule has 0 atom stereocenters. The molecule has 3 heteroatoms. The molecule has 0 amide bonds. The minimum Gasteiger partial charge on any atom is -0.416 e. The summed E-state index contributed by atoms with van der Waals surface area (Å²) in [6.45, 7) is 2.09. The van der Waals surface area contributed by atoms with Crippen molar-refractivity contribution in [1.29, 1.82) is 0 Å². The molecule has 0 aliphatic heterocycles. The maximum absolute atomic E-state index is 5.88. The van der Waals surface area contributed by atoms with Crippen LogP contribution >= 0.6 is 16.3 Å². The number of halogens is 1. The molecule has 1 aromatic rings. The van der Waals surface area contributed by atoms with E-state index in [9.17, 15) is 0 Å². The van der Waals surface area contributed by atoms with Crippen LogP contribution in [0.3, 0.4) is 0 Å². The quantitative estimate of drug-likeness (QED) is 0.821. The fourth-order valence-corrected chi connectivity index (χ4v) is 3.12. The standard InChI is InChI=1S/C13H18BrNO/c1-9-11(10-5-3-2-4-6-10)7-8-12(15)13(9)16-14/h7-8,10H,2-6,15H2,1H3. The molecule has 88 valence electrons. The van der Waals surface area contributed by atoms with Crippen molar-refractivity contribution < 1.29 is 3.83 Å². The third-order valence-electron chi connectivity index (χ3n) is 3.60. The fraction of sp³-hybridized carbons (Fsp3) is 0.538. The predicted octanol–water partition coefficient (Wildman–Crippen LogP) is 4.31. The van der Waals surface area contributed by atoms with E-state index in [0.29, 0.717) is 11.6 Å². The van der Waals surface area contributed by atoms with Gasteiger partial charge in [-0.1, -0.05) is 25.3 Å². The lowest BCUT2D eigenvalue weighted by atomic mass is 9.82. The van der Waals surface area contributed by atoms with Gasteiger partial charge in [0.1, 0.15) is 0 Å². The predicted molar refractivity (Wildman–Crippen MR) is 71.0 cm³/mol. The summed E-state index contributed by atoms with van der Waals surface area (Å²) in [6.07, 6.45) is 6.67. The normalized spacial score (nSPS) is 17.4. The fourth-order valence-electron chi connectivity index (χ4n) is 2.69. The second kappa shape index (κ2) is 5.09. The number of benzene rings is 1. The number of hydrogen-bond donors (Lipinski definition) is 1. The van der Waals surface area contributed by atoms with Crippen LogP contribution in [0.25, 0.3) is 0 Å². The van der Waals surface area contributed by atoms with Crippen LogP contribution in [0.1, 0.15) is 49.1 Å². The Morgan fingerprint density at radius 3 is 2.56 bits per heavy atom. The van der Waals surface area contributed by atoms with Crippen molar-refractivity contribution in [1.82, 2.24) is 0 Å². The minimum absolute atomic E-state index is 0.691. The summed E-state index contributed by atoms with van der Waals surface area (Å²) in [4.78, 5) is 0. The van der Waals surface area contributed by atoms with Gasteiger partial charge in [-0.25, -0.2) is 0 Å². The van der Waals surface area contributed by atoms with Gasteiger partial charge in [0.15, 0.2) is 22.0 Å². The van der Waals surface area contributed by atoms with Gasteiger partial charge in [-0.2, -0.15) is 0 Å². The molecule has 0 radical (unpaired) electrons. The number of nitrogens with two attached hydrogens (primary N) is 1. The summed E-state index contributed by atoms with van der Waals surface area (Å²) < 4.78 is 5.19. The third kappa shape index (κ3) is 2.19. The molecule has 1 saturated carbocycles. The van der Waals surface area contributed by atoms with Gasteiger partial charge in [0, 0.05) is 0 Å². The molecule has 0 bridgehead atoms. The molecule has 1 aliphatic rings. The Bertz CT molecular complexity index is 372. The van der Waals surface area contributed by atoms with Gasteiger partial charge >= 0.3 is 0 Å². The van der Waals surface area contributed by atoms with Crippen LogP contribution in [-0.4, -0.2) is 0 Å². The highest BCUT2D eigenvalue weighted by Crippen LogP contribution is 2.39. The first-order valence-corrected chi connectivity index (χ1v) is 6.56. The van der Waals surface area contributed by atoms with Gasteiger partial charge in [-0.05, 0) is 42.9 Å². The number of anilines is 1. The van der Waals surface area contributed by atoms with Gasteiger partial charge in [0.05, 0.1) is 5.69 Å². The number of nitrogen functional groups attached to an aromatic ring is 1. The van der Waals surface area contributed by atoms with E-state index in [-0.39, 0.29) is 0 Å². The van der Waals surface area contributed by atoms with E-state index in [4.69, 9.17) is 9.56 Å². The minimum atomic E-state index is 0.691. The highest BCUT2D eigenvalue weighted by atomic mass is 79.9. The first-order valence-electron chi connectivity index (χ1n) is 5.91. The Labute approximate surface area is 106 Å². The Kier molecular flexibility index (Phi) is 3.74. The van der Waals surface area contributed by atoms with Crippen molar-refractivity contribution in [2.24, 2.45) is 0 Å². The molecule has 16 heavy (non-hydrogen) atoms. The lowest BCUT2D eigenvalue weighted by molar-refractivity contribution is 0.441. The van der Waals surface area contributed by atoms with Crippen molar-refractivity contribution >= 4 is 21.9 Å². The monoisotopic (exact) mass is 283 g/mol. The van der Waals surface area contributed by atoms with E-state index in [2.05, 4.69) is 29.2 Å². The molecule has 2 nitrogen and oxygen atoms in total. The Morgan fingerprint density at radius 2 is 1.94 bits per heavy atom. The molecule has 2 N–H and O–H groups in total.